The molecule has 0 spiro atoms. The van der Waals surface area contributed by atoms with Crippen LogP contribution in [0.3, 0.4) is 0 Å². The summed E-state index contributed by atoms with van der Waals surface area (Å²) in [7, 11) is 0. The Labute approximate surface area is 153 Å². The predicted molar refractivity (Wildman–Crippen MR) is 98.4 cm³/mol. The van der Waals surface area contributed by atoms with Crippen LogP contribution in [0.1, 0.15) is 16.7 Å². The molecule has 0 bridgehead atoms. The summed E-state index contributed by atoms with van der Waals surface area (Å²) in [6.07, 6.45) is -0.512. The van der Waals surface area contributed by atoms with E-state index in [9.17, 15) is 13.2 Å². The molecular weight excluding hydrogens is 351 g/mol. The second kappa shape index (κ2) is 6.72. The Bertz CT molecular complexity index is 1060. The molecule has 134 valence electrons. The summed E-state index contributed by atoms with van der Waals surface area (Å²) in [5.41, 5.74) is 1.97. The molecule has 0 aliphatic heterocycles. The van der Waals surface area contributed by atoms with E-state index in [0.29, 0.717) is 11.4 Å². The van der Waals surface area contributed by atoms with E-state index in [1.54, 1.807) is 0 Å². The van der Waals surface area contributed by atoms with Crippen LogP contribution >= 0.6 is 0 Å². The maximum Gasteiger partial charge on any atom is 0.417 e. The largest absolute Gasteiger partial charge is 0.417 e. The summed E-state index contributed by atoms with van der Waals surface area (Å²) in [5.74, 6) is 0. The first-order chi connectivity index (χ1) is 13.0. The maximum absolute atomic E-state index is 13.3. The van der Waals surface area contributed by atoms with E-state index in [-0.39, 0.29) is 5.69 Å². The summed E-state index contributed by atoms with van der Waals surface area (Å²) in [6, 6.07) is 19.8. The number of pyridine rings is 1. The number of fused-ring (bicyclic) bond motifs is 1. The Morgan fingerprint density at radius 3 is 2.04 bits per heavy atom. The number of imidazole rings is 1. The zero-order chi connectivity index (χ0) is 18.9. The highest BCUT2D eigenvalue weighted by atomic mass is 19.4. The van der Waals surface area contributed by atoms with E-state index < -0.39 is 11.7 Å². The maximum atomic E-state index is 13.3. The number of halogens is 3. The molecule has 2 aromatic heterocycles. The molecule has 0 saturated carbocycles. The lowest BCUT2D eigenvalue weighted by Crippen LogP contribution is -2.07. The van der Waals surface area contributed by atoms with Gasteiger partial charge in [-0.05, 0) is 6.07 Å². The smallest absolute Gasteiger partial charge is 0.305 e. The molecule has 0 atom stereocenters. The SMILES string of the molecule is FC(F)(F)c1cc(N=C(c2ccccc2)c2ccccc2)c2nccn2c1. The first kappa shape index (κ1) is 17.0. The summed E-state index contributed by atoms with van der Waals surface area (Å²) in [4.78, 5) is 8.78. The van der Waals surface area contributed by atoms with Gasteiger partial charge in [0.2, 0.25) is 0 Å². The molecule has 0 saturated heterocycles. The van der Waals surface area contributed by atoms with Gasteiger partial charge < -0.3 is 4.40 Å². The lowest BCUT2D eigenvalue weighted by atomic mass is 10.0. The van der Waals surface area contributed by atoms with Gasteiger partial charge in [0.15, 0.2) is 5.65 Å². The third-order valence-corrected chi connectivity index (χ3v) is 4.12. The van der Waals surface area contributed by atoms with E-state index >= 15 is 0 Å². The minimum Gasteiger partial charge on any atom is -0.305 e. The van der Waals surface area contributed by atoms with E-state index in [1.807, 2.05) is 60.7 Å². The van der Waals surface area contributed by atoms with Crippen molar-refractivity contribution in [2.45, 2.75) is 6.18 Å². The molecule has 2 heterocycles. The molecule has 0 aliphatic carbocycles. The van der Waals surface area contributed by atoms with Gasteiger partial charge in [-0.25, -0.2) is 9.98 Å². The van der Waals surface area contributed by atoms with Gasteiger partial charge in [0.25, 0.3) is 0 Å². The average molecular weight is 365 g/mol. The molecule has 2 aromatic carbocycles. The van der Waals surface area contributed by atoms with Crippen molar-refractivity contribution in [2.75, 3.05) is 0 Å². The number of aliphatic imine (C=N–C) groups is 1. The Kier molecular flexibility index (Phi) is 4.24. The molecule has 27 heavy (non-hydrogen) atoms. The summed E-state index contributed by atoms with van der Waals surface area (Å²) in [6.45, 7) is 0. The number of benzene rings is 2. The van der Waals surface area contributed by atoms with Crippen molar-refractivity contribution in [1.82, 2.24) is 9.38 Å². The van der Waals surface area contributed by atoms with Crippen LogP contribution in [0.2, 0.25) is 0 Å². The van der Waals surface area contributed by atoms with E-state index in [1.165, 1.54) is 16.8 Å². The van der Waals surface area contributed by atoms with E-state index in [2.05, 4.69) is 9.98 Å². The van der Waals surface area contributed by atoms with Gasteiger partial charge in [-0.3, -0.25) is 0 Å². The van der Waals surface area contributed by atoms with Gasteiger partial charge in [-0.15, -0.1) is 0 Å². The molecule has 4 aromatic rings. The number of aromatic nitrogens is 2. The van der Waals surface area contributed by atoms with Crippen LogP contribution < -0.4 is 0 Å². The molecule has 0 fully saturated rings. The van der Waals surface area contributed by atoms with Gasteiger partial charge in [0, 0.05) is 29.7 Å². The third kappa shape index (κ3) is 3.46. The average Bonchev–Trinajstić information content (AvgIpc) is 3.15. The van der Waals surface area contributed by atoms with Gasteiger partial charge in [0.05, 0.1) is 11.3 Å². The highest BCUT2D eigenvalue weighted by Gasteiger charge is 2.32. The zero-order valence-corrected chi connectivity index (χ0v) is 14.1. The number of hydrogen-bond donors (Lipinski definition) is 0. The Morgan fingerprint density at radius 1 is 0.889 bits per heavy atom. The Balaban J connectivity index is 1.97. The van der Waals surface area contributed by atoms with Crippen molar-refractivity contribution in [3.8, 4) is 0 Å². The van der Waals surface area contributed by atoms with Crippen LogP contribution in [-0.4, -0.2) is 15.1 Å². The molecule has 0 N–H and O–H groups in total. The van der Waals surface area contributed by atoms with Crippen LogP contribution in [0.25, 0.3) is 5.65 Å². The molecule has 3 nitrogen and oxygen atoms in total. The molecule has 0 amide bonds. The fourth-order valence-corrected chi connectivity index (χ4v) is 2.86. The van der Waals surface area contributed by atoms with E-state index in [4.69, 9.17) is 0 Å². The lowest BCUT2D eigenvalue weighted by molar-refractivity contribution is -0.137. The zero-order valence-electron chi connectivity index (χ0n) is 14.1. The molecule has 4 rings (SSSR count). The van der Waals surface area contributed by atoms with Gasteiger partial charge in [-0.2, -0.15) is 13.2 Å². The van der Waals surface area contributed by atoms with Crippen molar-refractivity contribution < 1.29 is 13.2 Å². The van der Waals surface area contributed by atoms with Crippen molar-refractivity contribution >= 4 is 17.0 Å². The van der Waals surface area contributed by atoms with Crippen LogP contribution in [0.15, 0.2) is 90.3 Å². The minimum atomic E-state index is -4.47. The molecule has 0 unspecified atom stereocenters. The number of nitrogens with zero attached hydrogens (tertiary/aromatic N) is 3. The lowest BCUT2D eigenvalue weighted by Gasteiger charge is -2.11. The van der Waals surface area contributed by atoms with Crippen LogP contribution in [0.4, 0.5) is 18.9 Å². The number of hydrogen-bond acceptors (Lipinski definition) is 2. The monoisotopic (exact) mass is 365 g/mol. The van der Waals surface area contributed by atoms with Gasteiger partial charge in [-0.1, -0.05) is 60.7 Å². The minimum absolute atomic E-state index is 0.164. The van der Waals surface area contributed by atoms with Crippen molar-refractivity contribution in [2.24, 2.45) is 4.99 Å². The summed E-state index contributed by atoms with van der Waals surface area (Å²) in [5, 5.41) is 0. The second-order valence-electron chi connectivity index (χ2n) is 5.96. The highest BCUT2D eigenvalue weighted by Crippen LogP contribution is 2.33. The van der Waals surface area contributed by atoms with Crippen LogP contribution in [-0.2, 0) is 6.18 Å². The first-order valence-electron chi connectivity index (χ1n) is 8.26. The van der Waals surface area contributed by atoms with Crippen molar-refractivity contribution in [3.63, 3.8) is 0 Å². The highest BCUT2D eigenvalue weighted by molar-refractivity contribution is 6.14. The third-order valence-electron chi connectivity index (χ3n) is 4.12. The molecule has 0 radical (unpaired) electrons. The summed E-state index contributed by atoms with van der Waals surface area (Å²) >= 11 is 0. The first-order valence-corrected chi connectivity index (χ1v) is 8.26. The molecule has 0 aliphatic rings. The number of alkyl halides is 3. The predicted octanol–water partition coefficient (Wildman–Crippen LogP) is 5.52. The van der Waals surface area contributed by atoms with Crippen molar-refractivity contribution in [1.29, 1.82) is 0 Å². The normalized spacial score (nSPS) is 11.5. The fraction of sp³-hybridized carbons (Fsp3) is 0.0476. The summed E-state index contributed by atoms with van der Waals surface area (Å²) < 4.78 is 41.3. The standard InChI is InChI=1S/C21H14F3N3/c22-21(23,24)17-13-18(20-25-11-12-27(20)14-17)26-19(15-7-3-1-4-8-15)16-9-5-2-6-10-16/h1-14H. The van der Waals surface area contributed by atoms with E-state index in [0.717, 1.165) is 23.4 Å². The Hall–Kier alpha value is -3.41. The topological polar surface area (TPSA) is 29.7 Å². The quantitative estimate of drug-likeness (QED) is 0.440. The van der Waals surface area contributed by atoms with Crippen LogP contribution in [0, 0.1) is 0 Å². The Morgan fingerprint density at radius 2 is 1.48 bits per heavy atom. The number of rotatable bonds is 3. The molecular formula is C21H14F3N3. The fourth-order valence-electron chi connectivity index (χ4n) is 2.86. The second-order valence-corrected chi connectivity index (χ2v) is 5.96. The van der Waals surface area contributed by atoms with Gasteiger partial charge in [0.1, 0.15) is 5.69 Å². The van der Waals surface area contributed by atoms with Gasteiger partial charge >= 0.3 is 6.18 Å². The van der Waals surface area contributed by atoms with Crippen LogP contribution in [0.5, 0.6) is 0 Å². The van der Waals surface area contributed by atoms with Crippen molar-refractivity contribution in [3.05, 3.63) is 102 Å². The molecule has 6 heteroatoms.